The van der Waals surface area contributed by atoms with E-state index in [1.165, 1.54) is 55.3 Å². The highest BCUT2D eigenvalue weighted by molar-refractivity contribution is 5.68. The molecule has 1 heterocycles. The lowest BCUT2D eigenvalue weighted by atomic mass is 9.85. The zero-order valence-corrected chi connectivity index (χ0v) is 14.5. The number of aliphatic hydroxyl groups is 1. The average Bonchev–Trinajstić information content (AvgIpc) is 3.06. The van der Waals surface area contributed by atoms with Crippen molar-refractivity contribution in [3.8, 4) is 11.1 Å². The van der Waals surface area contributed by atoms with E-state index in [0.29, 0.717) is 0 Å². The van der Waals surface area contributed by atoms with Crippen LogP contribution >= 0.6 is 0 Å². The molecule has 24 heavy (non-hydrogen) atoms. The predicted molar refractivity (Wildman–Crippen MR) is 99.0 cm³/mol. The minimum Gasteiger partial charge on any atom is -0.392 e. The van der Waals surface area contributed by atoms with Gasteiger partial charge in [0, 0.05) is 12.1 Å². The molecule has 1 aliphatic heterocycles. The van der Waals surface area contributed by atoms with Crippen LogP contribution in [0.4, 0.5) is 0 Å². The summed E-state index contributed by atoms with van der Waals surface area (Å²) in [4.78, 5) is 2.73. The van der Waals surface area contributed by atoms with Gasteiger partial charge < -0.3 is 5.11 Å². The fourth-order valence-electron chi connectivity index (χ4n) is 4.62. The Bertz CT molecular complexity index is 724. The van der Waals surface area contributed by atoms with E-state index in [1.54, 1.807) is 0 Å². The standard InChI is InChI=1S/C22H27NO/c1-16-5-4-12-23(16)21-11-10-17-13-19(9-8-18(17)14-21)22-7-3-2-6-20(22)15-24/h2-3,6-9,13,16,21,24H,4-5,10-12,14-15H2,1H3. The van der Waals surface area contributed by atoms with Crippen molar-refractivity contribution >= 4 is 0 Å². The first-order chi connectivity index (χ1) is 11.8. The maximum atomic E-state index is 9.59. The van der Waals surface area contributed by atoms with Crippen molar-refractivity contribution in [2.75, 3.05) is 6.54 Å². The van der Waals surface area contributed by atoms with Crippen molar-refractivity contribution in [1.82, 2.24) is 4.90 Å². The predicted octanol–water partition coefficient (Wildman–Crippen LogP) is 4.19. The summed E-state index contributed by atoms with van der Waals surface area (Å²) >= 11 is 0. The highest BCUT2D eigenvalue weighted by atomic mass is 16.3. The Hall–Kier alpha value is -1.64. The van der Waals surface area contributed by atoms with Gasteiger partial charge in [-0.2, -0.15) is 0 Å². The summed E-state index contributed by atoms with van der Waals surface area (Å²) in [5.41, 5.74) is 6.44. The smallest absolute Gasteiger partial charge is 0.0687 e. The van der Waals surface area contributed by atoms with E-state index in [4.69, 9.17) is 0 Å². The molecule has 126 valence electrons. The molecule has 2 heteroatoms. The molecule has 1 aliphatic carbocycles. The Kier molecular flexibility index (Phi) is 4.43. The molecule has 1 fully saturated rings. The minimum atomic E-state index is 0.0994. The van der Waals surface area contributed by atoms with Gasteiger partial charge in [0.1, 0.15) is 0 Å². The lowest BCUT2D eigenvalue weighted by molar-refractivity contribution is 0.174. The monoisotopic (exact) mass is 321 g/mol. The van der Waals surface area contributed by atoms with Gasteiger partial charge in [0.25, 0.3) is 0 Å². The molecule has 2 aromatic carbocycles. The van der Waals surface area contributed by atoms with Crippen LogP contribution in [0.3, 0.4) is 0 Å². The number of rotatable bonds is 3. The highest BCUT2D eigenvalue weighted by Gasteiger charge is 2.30. The van der Waals surface area contributed by atoms with Crippen LogP contribution in [0.5, 0.6) is 0 Å². The minimum absolute atomic E-state index is 0.0994. The summed E-state index contributed by atoms with van der Waals surface area (Å²) in [6, 6.07) is 16.6. The van der Waals surface area contributed by atoms with Gasteiger partial charge in [-0.05, 0) is 73.4 Å². The van der Waals surface area contributed by atoms with Gasteiger partial charge in [0.05, 0.1) is 6.61 Å². The molecule has 1 N–H and O–H groups in total. The maximum absolute atomic E-state index is 9.59. The van der Waals surface area contributed by atoms with E-state index in [-0.39, 0.29) is 6.61 Å². The van der Waals surface area contributed by atoms with E-state index >= 15 is 0 Å². The molecular formula is C22H27NO. The molecule has 0 amide bonds. The lowest BCUT2D eigenvalue weighted by Crippen LogP contribution is -2.41. The van der Waals surface area contributed by atoms with Gasteiger partial charge in [0.2, 0.25) is 0 Å². The van der Waals surface area contributed by atoms with E-state index in [0.717, 1.165) is 23.2 Å². The number of benzene rings is 2. The molecule has 1 saturated heterocycles. The van der Waals surface area contributed by atoms with Crippen molar-refractivity contribution < 1.29 is 5.11 Å². The van der Waals surface area contributed by atoms with Crippen LogP contribution in [0.2, 0.25) is 0 Å². The van der Waals surface area contributed by atoms with E-state index < -0.39 is 0 Å². The Labute approximate surface area is 145 Å². The number of hydrogen-bond acceptors (Lipinski definition) is 2. The zero-order valence-electron chi connectivity index (χ0n) is 14.5. The number of likely N-dealkylation sites (tertiary alicyclic amines) is 1. The van der Waals surface area contributed by atoms with E-state index in [1.807, 2.05) is 12.1 Å². The molecule has 2 unspecified atom stereocenters. The van der Waals surface area contributed by atoms with Crippen molar-refractivity contribution in [2.24, 2.45) is 0 Å². The number of nitrogens with zero attached hydrogens (tertiary/aromatic N) is 1. The molecule has 2 aliphatic rings. The second-order valence-corrected chi connectivity index (χ2v) is 7.42. The fraction of sp³-hybridized carbons (Fsp3) is 0.455. The molecule has 0 bridgehead atoms. The molecule has 0 radical (unpaired) electrons. The van der Waals surface area contributed by atoms with Crippen LogP contribution in [0, 0.1) is 0 Å². The van der Waals surface area contributed by atoms with Crippen LogP contribution in [-0.2, 0) is 19.4 Å². The normalized spacial score (nSPS) is 24.1. The molecule has 0 aromatic heterocycles. The molecule has 0 saturated carbocycles. The molecule has 2 atom stereocenters. The van der Waals surface area contributed by atoms with Crippen LogP contribution in [0.25, 0.3) is 11.1 Å². The molecule has 0 spiro atoms. The third-order valence-electron chi connectivity index (χ3n) is 5.98. The van der Waals surface area contributed by atoms with Gasteiger partial charge in [-0.25, -0.2) is 0 Å². The Morgan fingerprint density at radius 3 is 2.75 bits per heavy atom. The largest absolute Gasteiger partial charge is 0.392 e. The van der Waals surface area contributed by atoms with Crippen molar-refractivity contribution in [1.29, 1.82) is 0 Å². The maximum Gasteiger partial charge on any atom is 0.0687 e. The summed E-state index contributed by atoms with van der Waals surface area (Å²) in [6.45, 7) is 3.77. The van der Waals surface area contributed by atoms with Gasteiger partial charge in [-0.1, -0.05) is 42.5 Å². The first-order valence-electron chi connectivity index (χ1n) is 9.33. The zero-order chi connectivity index (χ0) is 16.5. The number of fused-ring (bicyclic) bond motifs is 1. The summed E-state index contributed by atoms with van der Waals surface area (Å²) in [7, 11) is 0. The highest BCUT2D eigenvalue weighted by Crippen LogP contribution is 2.33. The lowest BCUT2D eigenvalue weighted by Gasteiger charge is -2.35. The van der Waals surface area contributed by atoms with Crippen molar-refractivity contribution in [2.45, 2.75) is 57.7 Å². The van der Waals surface area contributed by atoms with Gasteiger partial charge >= 0.3 is 0 Å². The Morgan fingerprint density at radius 2 is 1.96 bits per heavy atom. The summed E-state index contributed by atoms with van der Waals surface area (Å²) in [5, 5.41) is 9.59. The second kappa shape index (κ2) is 6.70. The quantitative estimate of drug-likeness (QED) is 0.916. The first-order valence-corrected chi connectivity index (χ1v) is 9.33. The average molecular weight is 321 g/mol. The third-order valence-corrected chi connectivity index (χ3v) is 5.98. The molecular weight excluding hydrogens is 294 g/mol. The Morgan fingerprint density at radius 1 is 1.08 bits per heavy atom. The van der Waals surface area contributed by atoms with Crippen LogP contribution < -0.4 is 0 Å². The van der Waals surface area contributed by atoms with Crippen LogP contribution in [0.15, 0.2) is 42.5 Å². The second-order valence-electron chi connectivity index (χ2n) is 7.42. The van der Waals surface area contributed by atoms with Gasteiger partial charge in [-0.3, -0.25) is 4.90 Å². The van der Waals surface area contributed by atoms with Crippen molar-refractivity contribution in [3.05, 3.63) is 59.2 Å². The number of aliphatic hydroxyl groups excluding tert-OH is 1. The summed E-state index contributed by atoms with van der Waals surface area (Å²) < 4.78 is 0. The topological polar surface area (TPSA) is 23.5 Å². The molecule has 4 rings (SSSR count). The van der Waals surface area contributed by atoms with E-state index in [9.17, 15) is 5.11 Å². The summed E-state index contributed by atoms with van der Waals surface area (Å²) in [5.74, 6) is 0. The van der Waals surface area contributed by atoms with Crippen LogP contribution in [-0.4, -0.2) is 28.6 Å². The third kappa shape index (κ3) is 2.89. The SMILES string of the molecule is CC1CCCN1C1CCc2cc(-c3ccccc3CO)ccc2C1. The van der Waals surface area contributed by atoms with E-state index in [2.05, 4.69) is 42.2 Å². The molecule has 2 nitrogen and oxygen atoms in total. The fourth-order valence-corrected chi connectivity index (χ4v) is 4.62. The first kappa shape index (κ1) is 15.9. The summed E-state index contributed by atoms with van der Waals surface area (Å²) in [6.07, 6.45) is 6.38. The number of hydrogen-bond donors (Lipinski definition) is 1. The number of aryl methyl sites for hydroxylation is 1. The molecule has 2 aromatic rings. The Balaban J connectivity index is 1.59. The van der Waals surface area contributed by atoms with Crippen molar-refractivity contribution in [3.63, 3.8) is 0 Å². The van der Waals surface area contributed by atoms with Crippen LogP contribution in [0.1, 0.15) is 42.9 Å². The van der Waals surface area contributed by atoms with Gasteiger partial charge in [-0.15, -0.1) is 0 Å². The van der Waals surface area contributed by atoms with Gasteiger partial charge in [0.15, 0.2) is 0 Å².